The number of piperidine rings is 2. The Morgan fingerprint density at radius 3 is 2.55 bits per heavy atom. The zero-order valence-corrected chi connectivity index (χ0v) is 19.8. The van der Waals surface area contributed by atoms with Gasteiger partial charge in [0.2, 0.25) is 0 Å². The van der Waals surface area contributed by atoms with E-state index < -0.39 is 5.60 Å². The number of fused-ring (bicyclic) bond motifs is 8. The van der Waals surface area contributed by atoms with Crippen LogP contribution in [0.25, 0.3) is 0 Å². The van der Waals surface area contributed by atoms with Crippen LogP contribution in [-0.2, 0) is 4.79 Å². The summed E-state index contributed by atoms with van der Waals surface area (Å²) in [6.45, 7) is 9.24. The molecule has 0 amide bonds. The highest BCUT2D eigenvalue weighted by Crippen LogP contribution is 2.66. The van der Waals surface area contributed by atoms with E-state index in [0.29, 0.717) is 53.8 Å². The number of rotatable bonds is 0. The van der Waals surface area contributed by atoms with Gasteiger partial charge in [-0.25, -0.2) is 0 Å². The van der Waals surface area contributed by atoms with Crippen molar-refractivity contribution < 1.29 is 15.0 Å². The lowest BCUT2D eigenvalue weighted by molar-refractivity contribution is -0.175. The Kier molecular flexibility index (Phi) is 4.78. The first-order valence-electron chi connectivity index (χ1n) is 13.4. The minimum Gasteiger partial charge on any atom is -0.393 e. The summed E-state index contributed by atoms with van der Waals surface area (Å²) in [6.07, 6.45) is 9.14. The summed E-state index contributed by atoms with van der Waals surface area (Å²) in [5, 5.41) is 22.1. The Bertz CT molecular complexity index is 751. The molecule has 0 spiro atoms. The topological polar surface area (TPSA) is 60.8 Å². The number of ketones is 1. The zero-order valence-electron chi connectivity index (χ0n) is 19.8. The van der Waals surface area contributed by atoms with Crippen LogP contribution in [0.15, 0.2) is 0 Å². The summed E-state index contributed by atoms with van der Waals surface area (Å²) in [5.74, 6) is 4.46. The number of carbonyl (C=O) groups excluding carboxylic acids is 1. The summed E-state index contributed by atoms with van der Waals surface area (Å²) < 4.78 is 0. The number of nitrogens with zero attached hydrogens (tertiary/aromatic N) is 1. The molecule has 4 heteroatoms. The molecule has 2 saturated heterocycles. The number of hydrogen-bond donors (Lipinski definition) is 2. The predicted octanol–water partition coefficient (Wildman–Crippen LogP) is 3.89. The zero-order chi connectivity index (χ0) is 21.7. The fourth-order valence-electron chi connectivity index (χ4n) is 10.3. The number of aliphatic hydroxyl groups excluding tert-OH is 1. The summed E-state index contributed by atoms with van der Waals surface area (Å²) >= 11 is 0. The van der Waals surface area contributed by atoms with Crippen molar-refractivity contribution in [3.8, 4) is 0 Å². The second kappa shape index (κ2) is 7.03. The molecule has 0 aromatic rings. The first kappa shape index (κ1) is 21.1. The van der Waals surface area contributed by atoms with Gasteiger partial charge in [0.1, 0.15) is 5.78 Å². The highest BCUT2D eigenvalue weighted by atomic mass is 16.3. The van der Waals surface area contributed by atoms with Gasteiger partial charge in [-0.05, 0) is 105 Å². The van der Waals surface area contributed by atoms with Crippen LogP contribution in [0.3, 0.4) is 0 Å². The average molecular weight is 430 g/mol. The van der Waals surface area contributed by atoms with Gasteiger partial charge in [0.05, 0.1) is 11.7 Å². The summed E-state index contributed by atoms with van der Waals surface area (Å²) in [4.78, 5) is 16.1. The van der Waals surface area contributed by atoms with Gasteiger partial charge >= 0.3 is 0 Å². The molecule has 2 heterocycles. The molecule has 4 aliphatic carbocycles. The van der Waals surface area contributed by atoms with Crippen LogP contribution in [0.1, 0.15) is 78.6 Å². The van der Waals surface area contributed by atoms with E-state index in [1.807, 2.05) is 0 Å². The van der Waals surface area contributed by atoms with Crippen LogP contribution in [0.2, 0.25) is 0 Å². The fraction of sp³-hybridized carbons (Fsp3) is 0.963. The molecule has 0 unspecified atom stereocenters. The van der Waals surface area contributed by atoms with Gasteiger partial charge in [-0.15, -0.1) is 0 Å². The van der Waals surface area contributed by atoms with Gasteiger partial charge < -0.3 is 10.2 Å². The van der Waals surface area contributed by atoms with Crippen molar-refractivity contribution >= 4 is 5.78 Å². The van der Waals surface area contributed by atoms with Crippen LogP contribution >= 0.6 is 0 Å². The van der Waals surface area contributed by atoms with Gasteiger partial charge in [-0.1, -0.05) is 13.8 Å². The maximum Gasteiger partial charge on any atom is 0.136 e. The van der Waals surface area contributed by atoms with E-state index in [4.69, 9.17) is 0 Å². The molecule has 174 valence electrons. The van der Waals surface area contributed by atoms with Crippen LogP contribution in [0, 0.1) is 52.8 Å². The van der Waals surface area contributed by atoms with Crippen molar-refractivity contribution in [2.45, 2.75) is 96.3 Å². The number of Topliss-reactive ketones (excluding diaryl/α,β-unsaturated/α-hetero) is 1. The van der Waals surface area contributed by atoms with Gasteiger partial charge in [0.25, 0.3) is 0 Å². The second-order valence-electron chi connectivity index (χ2n) is 13.2. The first-order chi connectivity index (χ1) is 14.7. The Morgan fingerprint density at radius 1 is 0.935 bits per heavy atom. The highest BCUT2D eigenvalue weighted by Gasteiger charge is 2.64. The van der Waals surface area contributed by atoms with Crippen molar-refractivity contribution in [3.63, 3.8) is 0 Å². The van der Waals surface area contributed by atoms with E-state index in [0.717, 1.165) is 57.5 Å². The highest BCUT2D eigenvalue weighted by molar-refractivity contribution is 5.83. The SMILES string of the molecule is C[C@H]1CC[C@@H]2N(C1)C[C@H]1[C@@H]3C[C@H]4[C@@H](C(=O)C[C@H]5C[C@@H](O)CC[C@@]54C)[C@@H]3CC[C@@H]1[C@]2(C)O. The van der Waals surface area contributed by atoms with E-state index in [-0.39, 0.29) is 17.4 Å². The molecule has 4 saturated carbocycles. The Balaban J connectivity index is 1.31. The molecule has 6 fully saturated rings. The Morgan fingerprint density at radius 2 is 1.74 bits per heavy atom. The van der Waals surface area contributed by atoms with Gasteiger partial charge in [0, 0.05) is 31.5 Å². The molecule has 0 radical (unpaired) electrons. The smallest absolute Gasteiger partial charge is 0.136 e. The maximum atomic E-state index is 13.5. The van der Waals surface area contributed by atoms with E-state index in [2.05, 4.69) is 25.7 Å². The average Bonchev–Trinajstić information content (AvgIpc) is 3.11. The lowest BCUT2D eigenvalue weighted by atomic mass is 9.51. The molecule has 4 nitrogen and oxygen atoms in total. The lowest BCUT2D eigenvalue weighted by Crippen LogP contribution is -2.67. The van der Waals surface area contributed by atoms with Crippen molar-refractivity contribution in [3.05, 3.63) is 0 Å². The molecule has 31 heavy (non-hydrogen) atoms. The second-order valence-corrected chi connectivity index (χ2v) is 13.2. The molecular weight excluding hydrogens is 386 g/mol. The van der Waals surface area contributed by atoms with E-state index >= 15 is 0 Å². The van der Waals surface area contributed by atoms with Crippen molar-refractivity contribution in [2.75, 3.05) is 13.1 Å². The van der Waals surface area contributed by atoms with Crippen molar-refractivity contribution in [1.82, 2.24) is 4.90 Å². The summed E-state index contributed by atoms with van der Waals surface area (Å²) in [5.41, 5.74) is -0.364. The minimum absolute atomic E-state index is 0.207. The monoisotopic (exact) mass is 429 g/mol. The maximum absolute atomic E-state index is 13.5. The van der Waals surface area contributed by atoms with E-state index in [1.54, 1.807) is 0 Å². The molecule has 0 bridgehead atoms. The van der Waals surface area contributed by atoms with Crippen LogP contribution in [0.5, 0.6) is 0 Å². The lowest BCUT2D eigenvalue weighted by Gasteiger charge is -2.59. The number of carbonyl (C=O) groups is 1. The van der Waals surface area contributed by atoms with Crippen molar-refractivity contribution in [2.24, 2.45) is 52.8 Å². The number of hydrogen-bond acceptors (Lipinski definition) is 4. The third-order valence-electron chi connectivity index (χ3n) is 11.8. The summed E-state index contributed by atoms with van der Waals surface area (Å²) in [6, 6.07) is 0.327. The molecule has 12 atom stereocenters. The van der Waals surface area contributed by atoms with Crippen LogP contribution < -0.4 is 0 Å². The molecule has 6 aliphatic rings. The molecule has 2 aliphatic heterocycles. The normalized spacial score (nSPS) is 59.2. The standard InChI is InChI=1S/C27H43NO3/c1-15-4-7-24-27(3,31)21-6-5-18-19(20(21)14-28(24)13-15)12-22-25(18)23(30)11-16-10-17(29)8-9-26(16,22)2/h15-22,24-25,29,31H,4-14H2,1-3H3/t15-,16+,17-,18+,19+,20-,21-,22-,24-,25-,26-,27-/m0/s1. The third-order valence-corrected chi connectivity index (χ3v) is 11.8. The van der Waals surface area contributed by atoms with E-state index in [9.17, 15) is 15.0 Å². The van der Waals surface area contributed by atoms with Crippen LogP contribution in [-0.4, -0.2) is 51.7 Å². The molecular formula is C27H43NO3. The molecule has 6 rings (SSSR count). The van der Waals surface area contributed by atoms with Crippen LogP contribution in [0.4, 0.5) is 0 Å². The summed E-state index contributed by atoms with van der Waals surface area (Å²) in [7, 11) is 0. The van der Waals surface area contributed by atoms with E-state index in [1.165, 1.54) is 12.8 Å². The Labute approximate surface area is 188 Å². The quantitative estimate of drug-likeness (QED) is 0.613. The number of aliphatic hydroxyl groups is 2. The van der Waals surface area contributed by atoms with Gasteiger partial charge in [0.15, 0.2) is 0 Å². The third kappa shape index (κ3) is 2.93. The van der Waals surface area contributed by atoms with Gasteiger partial charge in [-0.2, -0.15) is 0 Å². The molecule has 0 aromatic carbocycles. The largest absolute Gasteiger partial charge is 0.393 e. The molecule has 2 N–H and O–H groups in total. The molecule has 0 aromatic heterocycles. The first-order valence-corrected chi connectivity index (χ1v) is 13.4. The Hall–Kier alpha value is -0.450. The van der Waals surface area contributed by atoms with Crippen molar-refractivity contribution in [1.29, 1.82) is 0 Å². The minimum atomic E-state index is -0.590. The predicted molar refractivity (Wildman–Crippen MR) is 120 cm³/mol. The van der Waals surface area contributed by atoms with Gasteiger partial charge in [-0.3, -0.25) is 9.69 Å². The fourth-order valence-corrected chi connectivity index (χ4v) is 10.3.